The van der Waals surface area contributed by atoms with Crippen molar-refractivity contribution >= 4 is 40.7 Å². The van der Waals surface area contributed by atoms with E-state index in [4.69, 9.17) is 0 Å². The summed E-state index contributed by atoms with van der Waals surface area (Å²) in [4.78, 5) is 65.1. The average Bonchev–Trinajstić information content (AvgIpc) is 4.10. The minimum atomic E-state index is -2.72. The Kier molecular flexibility index (Phi) is 11.8. The van der Waals surface area contributed by atoms with Crippen LogP contribution in [0.3, 0.4) is 0 Å². The van der Waals surface area contributed by atoms with E-state index in [0.29, 0.717) is 49.4 Å². The third-order valence-corrected chi connectivity index (χ3v) is 15.1. The number of aromatic amines is 1. The first kappa shape index (κ1) is 44.7. The van der Waals surface area contributed by atoms with Crippen molar-refractivity contribution in [2.75, 3.05) is 25.0 Å². The molecule has 350 valence electrons. The number of H-pyrrole nitrogens is 1. The van der Waals surface area contributed by atoms with Gasteiger partial charge in [-0.05, 0) is 61.3 Å². The summed E-state index contributed by atoms with van der Waals surface area (Å²) in [5.41, 5.74) is 7.21. The normalized spacial score (nSPS) is 20.7. The number of amides is 4. The van der Waals surface area contributed by atoms with Crippen LogP contribution in [0.1, 0.15) is 95.5 Å². The maximum atomic E-state index is 14.4. The molecule has 1 saturated carbocycles. The van der Waals surface area contributed by atoms with Gasteiger partial charge in [-0.2, -0.15) is 20.6 Å². The van der Waals surface area contributed by atoms with E-state index in [2.05, 4.69) is 36.0 Å². The number of fused-ring (bicyclic) bond motifs is 2. The predicted molar refractivity (Wildman–Crippen MR) is 246 cm³/mol. The Bertz CT molecular complexity index is 2910. The SMILES string of the molecule is Cc1ncsc1-c1ccc(C(CC(=O)N2CC(C(c3ccccc3)n3cc(NC(=O)c4n[nH]c5c4CC4C(C5)C4(F)F)cn3)C2)NC(=O)C2CCCN2C(=O)C(C(C)C)n2ccc(C#N)n2)cc1. The number of nitriles is 1. The van der Waals surface area contributed by atoms with Crippen molar-refractivity contribution in [1.82, 2.24) is 49.9 Å². The van der Waals surface area contributed by atoms with E-state index in [0.717, 1.165) is 27.3 Å². The van der Waals surface area contributed by atoms with Crippen LogP contribution in [0.2, 0.25) is 0 Å². The van der Waals surface area contributed by atoms with Crippen molar-refractivity contribution < 1.29 is 28.0 Å². The van der Waals surface area contributed by atoms with E-state index >= 15 is 0 Å². The summed E-state index contributed by atoms with van der Waals surface area (Å²) in [6.07, 6.45) is 6.21. The van der Waals surface area contributed by atoms with Gasteiger partial charge in [-0.1, -0.05) is 68.4 Å². The van der Waals surface area contributed by atoms with Gasteiger partial charge in [0.25, 0.3) is 11.8 Å². The fourth-order valence-electron chi connectivity index (χ4n) is 10.4. The summed E-state index contributed by atoms with van der Waals surface area (Å²) in [5, 5.41) is 31.4. The summed E-state index contributed by atoms with van der Waals surface area (Å²) in [7, 11) is 0. The molecule has 19 heteroatoms. The van der Waals surface area contributed by atoms with Crippen LogP contribution in [0.25, 0.3) is 10.4 Å². The second-order valence-corrected chi connectivity index (χ2v) is 19.6. The highest BCUT2D eigenvalue weighted by Gasteiger charge is 2.69. The number of nitrogens with zero attached hydrogens (tertiary/aromatic N) is 9. The molecule has 4 aromatic heterocycles. The van der Waals surface area contributed by atoms with E-state index in [1.54, 1.807) is 44.6 Å². The molecule has 2 saturated heterocycles. The molecule has 2 aliphatic heterocycles. The topological polar surface area (TPSA) is 200 Å². The first-order valence-corrected chi connectivity index (χ1v) is 23.9. The zero-order valence-electron chi connectivity index (χ0n) is 37.7. The lowest BCUT2D eigenvalue weighted by molar-refractivity contribution is -0.143. The molecule has 6 atom stereocenters. The summed E-state index contributed by atoms with van der Waals surface area (Å²) in [6, 6.07) is 18.6. The van der Waals surface area contributed by atoms with Crippen LogP contribution in [-0.2, 0) is 27.2 Å². The van der Waals surface area contributed by atoms with E-state index < -0.39 is 41.8 Å². The van der Waals surface area contributed by atoms with Crippen LogP contribution >= 0.6 is 11.3 Å². The summed E-state index contributed by atoms with van der Waals surface area (Å²) in [6.45, 7) is 6.95. The van der Waals surface area contributed by atoms with Gasteiger partial charge in [0.15, 0.2) is 11.4 Å². The Morgan fingerprint density at radius 1 is 1.00 bits per heavy atom. The Hall–Kier alpha value is -7.07. The Morgan fingerprint density at radius 3 is 2.47 bits per heavy atom. The number of carbonyl (C=O) groups excluding carboxylic acids is 4. The minimum absolute atomic E-state index is 0.0270. The second-order valence-electron chi connectivity index (χ2n) is 18.7. The minimum Gasteiger partial charge on any atom is -0.347 e. The molecule has 6 heterocycles. The van der Waals surface area contributed by atoms with Crippen molar-refractivity contribution in [3.8, 4) is 16.5 Å². The third-order valence-electron chi connectivity index (χ3n) is 14.1. The molecule has 0 spiro atoms. The maximum Gasteiger partial charge on any atom is 0.276 e. The first-order chi connectivity index (χ1) is 32.8. The molecule has 6 unspecified atom stereocenters. The molecular formula is C49H50F2N12O4S. The number of anilines is 1. The fourth-order valence-corrected chi connectivity index (χ4v) is 11.2. The molecule has 10 rings (SSSR count). The van der Waals surface area contributed by atoms with E-state index in [1.807, 2.05) is 81.4 Å². The summed E-state index contributed by atoms with van der Waals surface area (Å²) < 4.78 is 31.7. The number of hydrogen-bond donors (Lipinski definition) is 3. The molecule has 3 fully saturated rings. The number of halogens is 2. The molecule has 6 aromatic rings. The lowest BCUT2D eigenvalue weighted by atomic mass is 9.86. The standard InChI is InChI=1S/C49H50F2N12O4S/c1-27(2)43(62-17-15-33(21-52)59-62)48(67)61-16-7-10-40(61)46(65)56-38(29-11-13-31(14-12-29)45-28(3)53-26-68-45)20-41(64)60-23-32(24-60)44(30-8-5-4-6-9-30)63-25-34(22-54-63)55-47(66)42-35-18-36-37(49(36,50)51)19-39(35)57-58-42/h4-6,8-9,11-15,17,22,25-27,32,36-38,40,43-44H,7,10,16,18-20,23-24H2,1-3H3,(H,55,66)(H,56,65)(H,57,58). The fraction of sp³-hybridized carbons (Fsp3) is 0.408. The first-order valence-electron chi connectivity index (χ1n) is 23.0. The molecule has 16 nitrogen and oxygen atoms in total. The van der Waals surface area contributed by atoms with Gasteiger partial charge in [-0.3, -0.25) is 33.6 Å². The summed E-state index contributed by atoms with van der Waals surface area (Å²) in [5.74, 6) is -5.70. The molecule has 3 N–H and O–H groups in total. The van der Waals surface area contributed by atoms with Crippen molar-refractivity contribution in [2.24, 2.45) is 23.7 Å². The van der Waals surface area contributed by atoms with Crippen molar-refractivity contribution in [3.05, 3.63) is 124 Å². The molecule has 4 aliphatic rings. The molecule has 2 aliphatic carbocycles. The third kappa shape index (κ3) is 8.35. The number of aromatic nitrogens is 7. The van der Waals surface area contributed by atoms with Crippen LogP contribution in [0, 0.1) is 41.9 Å². The van der Waals surface area contributed by atoms with Crippen LogP contribution in [-0.4, -0.2) is 99.8 Å². The lowest BCUT2D eigenvalue weighted by Gasteiger charge is -2.44. The number of aryl methyl sites for hydroxylation is 1. The number of nitrogens with one attached hydrogen (secondary N) is 3. The largest absolute Gasteiger partial charge is 0.347 e. The van der Waals surface area contributed by atoms with Crippen molar-refractivity contribution in [1.29, 1.82) is 5.26 Å². The van der Waals surface area contributed by atoms with Gasteiger partial charge in [0.05, 0.1) is 46.5 Å². The number of benzene rings is 2. The number of carbonyl (C=O) groups is 4. The highest BCUT2D eigenvalue weighted by Crippen LogP contribution is 2.60. The van der Waals surface area contributed by atoms with Crippen molar-refractivity contribution in [3.63, 3.8) is 0 Å². The van der Waals surface area contributed by atoms with Gasteiger partial charge in [-0.25, -0.2) is 13.8 Å². The number of hydrogen-bond acceptors (Lipinski definition) is 10. The van der Waals surface area contributed by atoms with E-state index in [1.165, 1.54) is 16.0 Å². The van der Waals surface area contributed by atoms with Gasteiger partial charge in [-0.15, -0.1) is 11.3 Å². The van der Waals surface area contributed by atoms with Crippen LogP contribution < -0.4 is 10.6 Å². The Labute approximate surface area is 394 Å². The highest BCUT2D eigenvalue weighted by molar-refractivity contribution is 7.13. The van der Waals surface area contributed by atoms with Crippen molar-refractivity contribution in [2.45, 2.75) is 83.0 Å². The quantitative estimate of drug-likeness (QED) is 0.109. The number of alkyl halides is 2. The Morgan fingerprint density at radius 2 is 1.76 bits per heavy atom. The molecule has 68 heavy (non-hydrogen) atoms. The van der Waals surface area contributed by atoms with E-state index in [9.17, 15) is 33.2 Å². The van der Waals surface area contributed by atoms with Gasteiger partial charge in [0, 0.05) is 61.0 Å². The summed E-state index contributed by atoms with van der Waals surface area (Å²) >= 11 is 1.54. The van der Waals surface area contributed by atoms with Gasteiger partial charge in [0.2, 0.25) is 17.7 Å². The number of thiazole rings is 1. The second kappa shape index (κ2) is 17.9. The smallest absolute Gasteiger partial charge is 0.276 e. The molecule has 0 bridgehead atoms. The zero-order chi connectivity index (χ0) is 47.4. The highest BCUT2D eigenvalue weighted by atomic mass is 32.1. The van der Waals surface area contributed by atoms with Gasteiger partial charge < -0.3 is 20.4 Å². The van der Waals surface area contributed by atoms with Crippen LogP contribution in [0.15, 0.2) is 84.8 Å². The van der Waals surface area contributed by atoms with Crippen LogP contribution in [0.4, 0.5) is 14.5 Å². The van der Waals surface area contributed by atoms with E-state index in [-0.39, 0.29) is 66.2 Å². The van der Waals surface area contributed by atoms with Gasteiger partial charge in [0.1, 0.15) is 18.2 Å². The monoisotopic (exact) mass is 940 g/mol. The number of rotatable bonds is 14. The molecule has 0 radical (unpaired) electrons. The molecule has 4 amide bonds. The molecule has 2 aromatic carbocycles. The molecular weight excluding hydrogens is 891 g/mol. The maximum absolute atomic E-state index is 14.4. The van der Waals surface area contributed by atoms with Crippen LogP contribution in [0.5, 0.6) is 0 Å². The average molecular weight is 941 g/mol. The number of likely N-dealkylation sites (tertiary alicyclic amines) is 2. The zero-order valence-corrected chi connectivity index (χ0v) is 38.5. The Balaban J connectivity index is 0.843. The van der Waals surface area contributed by atoms with Gasteiger partial charge >= 0.3 is 0 Å². The lowest BCUT2D eigenvalue weighted by Crippen LogP contribution is -2.54. The predicted octanol–water partition coefficient (Wildman–Crippen LogP) is 6.52.